The molecule has 1 saturated heterocycles. The van der Waals surface area contributed by atoms with Gasteiger partial charge in [-0.25, -0.2) is 4.79 Å². The Balaban J connectivity index is 1.97. The van der Waals surface area contributed by atoms with Gasteiger partial charge in [-0.1, -0.05) is 6.07 Å². The summed E-state index contributed by atoms with van der Waals surface area (Å²) in [5.74, 6) is 0.599. The van der Waals surface area contributed by atoms with Crippen LogP contribution in [0.1, 0.15) is 24.3 Å². The first-order chi connectivity index (χ1) is 9.79. The molecule has 1 aliphatic rings. The minimum atomic E-state index is -0.0560. The van der Waals surface area contributed by atoms with E-state index in [2.05, 4.69) is 22.4 Å². The van der Waals surface area contributed by atoms with Crippen LogP contribution >= 0.6 is 0 Å². The van der Waals surface area contributed by atoms with E-state index in [1.54, 1.807) is 11.7 Å². The minimum Gasteiger partial charge on any atom is -0.383 e. The number of ether oxygens (including phenoxy) is 1. The molecule has 3 rings (SSSR count). The van der Waals surface area contributed by atoms with Crippen LogP contribution in [0.5, 0.6) is 0 Å². The predicted molar refractivity (Wildman–Crippen MR) is 79.3 cm³/mol. The number of nitrogens with one attached hydrogen (secondary N) is 2. The number of rotatable bonds is 4. The van der Waals surface area contributed by atoms with Crippen LogP contribution in [0, 0.1) is 0 Å². The maximum absolute atomic E-state index is 12.0. The van der Waals surface area contributed by atoms with Gasteiger partial charge >= 0.3 is 5.69 Å². The van der Waals surface area contributed by atoms with E-state index in [1.165, 1.54) is 5.56 Å². The Labute approximate surface area is 117 Å². The van der Waals surface area contributed by atoms with Crippen LogP contribution in [-0.4, -0.2) is 36.4 Å². The second-order valence-electron chi connectivity index (χ2n) is 5.38. The van der Waals surface area contributed by atoms with E-state index in [1.807, 2.05) is 6.07 Å². The highest BCUT2D eigenvalue weighted by molar-refractivity contribution is 5.76. The van der Waals surface area contributed by atoms with Crippen LogP contribution < -0.4 is 11.0 Å². The number of aromatic nitrogens is 2. The number of hydrogen-bond donors (Lipinski definition) is 2. The Morgan fingerprint density at radius 1 is 1.35 bits per heavy atom. The first kappa shape index (κ1) is 13.4. The number of benzene rings is 1. The van der Waals surface area contributed by atoms with Gasteiger partial charge < -0.3 is 15.0 Å². The van der Waals surface area contributed by atoms with Crippen molar-refractivity contribution in [2.45, 2.75) is 25.3 Å². The Hall–Kier alpha value is -1.59. The fraction of sp³-hybridized carbons (Fsp3) is 0.533. The number of methoxy groups -OCH3 is 1. The molecular formula is C15H21N3O2. The van der Waals surface area contributed by atoms with Gasteiger partial charge in [0.25, 0.3) is 0 Å². The summed E-state index contributed by atoms with van der Waals surface area (Å²) in [7, 11) is 1.65. The highest BCUT2D eigenvalue weighted by Gasteiger charge is 2.16. The topological polar surface area (TPSA) is 59.0 Å². The van der Waals surface area contributed by atoms with Crippen molar-refractivity contribution in [3.8, 4) is 0 Å². The predicted octanol–water partition coefficient (Wildman–Crippen LogP) is 1.44. The first-order valence-electron chi connectivity index (χ1n) is 7.21. The molecule has 1 aromatic carbocycles. The third-order valence-electron chi connectivity index (χ3n) is 4.13. The van der Waals surface area contributed by atoms with Gasteiger partial charge in [0.15, 0.2) is 0 Å². The molecule has 0 atom stereocenters. The lowest BCUT2D eigenvalue weighted by atomic mass is 9.90. The molecule has 2 N–H and O–H groups in total. The Morgan fingerprint density at radius 3 is 2.90 bits per heavy atom. The Morgan fingerprint density at radius 2 is 2.15 bits per heavy atom. The number of imidazole rings is 1. The Kier molecular flexibility index (Phi) is 3.89. The fourth-order valence-electron chi connectivity index (χ4n) is 2.98. The average Bonchev–Trinajstić information content (AvgIpc) is 2.80. The van der Waals surface area contributed by atoms with E-state index < -0.39 is 0 Å². The highest BCUT2D eigenvalue weighted by Crippen LogP contribution is 2.27. The first-order valence-corrected chi connectivity index (χ1v) is 7.21. The normalized spacial score (nSPS) is 16.9. The van der Waals surface area contributed by atoms with E-state index in [0.29, 0.717) is 19.1 Å². The van der Waals surface area contributed by atoms with Crippen molar-refractivity contribution >= 4 is 11.0 Å². The zero-order valence-corrected chi connectivity index (χ0v) is 11.8. The fourth-order valence-corrected chi connectivity index (χ4v) is 2.98. The summed E-state index contributed by atoms with van der Waals surface area (Å²) < 4.78 is 6.85. The smallest absolute Gasteiger partial charge is 0.326 e. The molecule has 2 heterocycles. The van der Waals surface area contributed by atoms with Crippen molar-refractivity contribution in [2.24, 2.45) is 0 Å². The number of nitrogens with zero attached hydrogens (tertiary/aromatic N) is 1. The number of fused-ring (bicyclic) bond motifs is 1. The molecule has 5 heteroatoms. The van der Waals surface area contributed by atoms with Gasteiger partial charge in [0, 0.05) is 7.11 Å². The Bertz CT molecular complexity index is 638. The number of hydrogen-bond acceptors (Lipinski definition) is 3. The van der Waals surface area contributed by atoms with Crippen LogP contribution in [-0.2, 0) is 11.3 Å². The van der Waals surface area contributed by atoms with Gasteiger partial charge in [-0.3, -0.25) is 4.57 Å². The van der Waals surface area contributed by atoms with E-state index in [-0.39, 0.29) is 5.69 Å². The lowest BCUT2D eigenvalue weighted by Crippen LogP contribution is -2.26. The summed E-state index contributed by atoms with van der Waals surface area (Å²) in [5, 5.41) is 3.39. The van der Waals surface area contributed by atoms with Crippen molar-refractivity contribution in [3.05, 3.63) is 34.2 Å². The standard InChI is InChI=1S/C15H21N3O2/c1-20-9-8-18-14-10-12(11-4-6-16-7-5-11)2-3-13(14)17-15(18)19/h2-3,10-11,16H,4-9H2,1H3,(H,17,19). The van der Waals surface area contributed by atoms with Gasteiger partial charge in [-0.05, 0) is 49.5 Å². The minimum absolute atomic E-state index is 0.0560. The molecule has 0 amide bonds. The summed E-state index contributed by atoms with van der Waals surface area (Å²) in [6.07, 6.45) is 2.33. The van der Waals surface area contributed by atoms with Crippen molar-refractivity contribution in [1.29, 1.82) is 0 Å². The summed E-state index contributed by atoms with van der Waals surface area (Å²) in [6, 6.07) is 6.34. The van der Waals surface area contributed by atoms with Crippen molar-refractivity contribution in [2.75, 3.05) is 26.8 Å². The van der Waals surface area contributed by atoms with Gasteiger partial charge in [0.1, 0.15) is 0 Å². The zero-order chi connectivity index (χ0) is 13.9. The summed E-state index contributed by atoms with van der Waals surface area (Å²) in [4.78, 5) is 14.9. The third-order valence-corrected chi connectivity index (χ3v) is 4.13. The lowest BCUT2D eigenvalue weighted by molar-refractivity contribution is 0.187. The van der Waals surface area contributed by atoms with Gasteiger partial charge in [-0.15, -0.1) is 0 Å². The number of piperidine rings is 1. The number of H-pyrrole nitrogens is 1. The molecule has 0 aliphatic carbocycles. The summed E-state index contributed by atoms with van der Waals surface area (Å²) >= 11 is 0. The van der Waals surface area contributed by atoms with E-state index in [4.69, 9.17) is 4.74 Å². The largest absolute Gasteiger partial charge is 0.383 e. The van der Waals surface area contributed by atoms with Crippen LogP contribution in [0.3, 0.4) is 0 Å². The monoisotopic (exact) mass is 275 g/mol. The molecule has 1 aromatic heterocycles. The summed E-state index contributed by atoms with van der Waals surface area (Å²) in [5.41, 5.74) is 3.18. The molecule has 1 aliphatic heterocycles. The molecule has 0 radical (unpaired) electrons. The van der Waals surface area contributed by atoms with Crippen LogP contribution in [0.25, 0.3) is 11.0 Å². The molecule has 1 fully saturated rings. The molecular weight excluding hydrogens is 254 g/mol. The van der Waals surface area contributed by atoms with E-state index in [9.17, 15) is 4.79 Å². The molecule has 108 valence electrons. The second-order valence-corrected chi connectivity index (χ2v) is 5.38. The van der Waals surface area contributed by atoms with Crippen molar-refractivity contribution in [3.63, 3.8) is 0 Å². The van der Waals surface area contributed by atoms with Gasteiger partial charge in [0.05, 0.1) is 24.2 Å². The molecule has 0 unspecified atom stereocenters. The molecule has 20 heavy (non-hydrogen) atoms. The highest BCUT2D eigenvalue weighted by atomic mass is 16.5. The second kappa shape index (κ2) is 5.81. The third kappa shape index (κ3) is 2.51. The molecule has 2 aromatic rings. The quantitative estimate of drug-likeness (QED) is 0.887. The van der Waals surface area contributed by atoms with E-state index in [0.717, 1.165) is 37.0 Å². The molecule has 0 saturated carbocycles. The van der Waals surface area contributed by atoms with Gasteiger partial charge in [0.2, 0.25) is 0 Å². The lowest BCUT2D eigenvalue weighted by Gasteiger charge is -2.23. The summed E-state index contributed by atoms with van der Waals surface area (Å²) in [6.45, 7) is 3.29. The van der Waals surface area contributed by atoms with Crippen LogP contribution in [0.2, 0.25) is 0 Å². The SMILES string of the molecule is COCCn1c(=O)[nH]c2ccc(C3CCNCC3)cc21. The van der Waals surface area contributed by atoms with Crippen molar-refractivity contribution < 1.29 is 4.74 Å². The number of aromatic amines is 1. The molecule has 0 spiro atoms. The maximum atomic E-state index is 12.0. The molecule has 0 bridgehead atoms. The van der Waals surface area contributed by atoms with Crippen molar-refractivity contribution in [1.82, 2.24) is 14.9 Å². The van der Waals surface area contributed by atoms with Gasteiger partial charge in [-0.2, -0.15) is 0 Å². The van der Waals surface area contributed by atoms with Crippen LogP contribution in [0.4, 0.5) is 0 Å². The average molecular weight is 275 g/mol. The van der Waals surface area contributed by atoms with E-state index >= 15 is 0 Å². The van der Waals surface area contributed by atoms with Crippen LogP contribution in [0.15, 0.2) is 23.0 Å². The molecule has 5 nitrogen and oxygen atoms in total. The maximum Gasteiger partial charge on any atom is 0.326 e. The zero-order valence-electron chi connectivity index (χ0n) is 11.8.